The second kappa shape index (κ2) is 13.6. The van der Waals surface area contributed by atoms with Gasteiger partial charge in [0.15, 0.2) is 0 Å². The molecule has 1 fully saturated rings. The van der Waals surface area contributed by atoms with Gasteiger partial charge in [0.25, 0.3) is 0 Å². The number of hydrogen-bond acceptors (Lipinski definition) is 5. The second-order valence-corrected chi connectivity index (χ2v) is 10.4. The Morgan fingerprint density at radius 2 is 1.74 bits per heavy atom. The maximum atomic E-state index is 13.8. The first-order valence-corrected chi connectivity index (χ1v) is 13.2. The van der Waals surface area contributed by atoms with Crippen molar-refractivity contribution in [2.24, 2.45) is 5.92 Å². The predicted molar refractivity (Wildman–Crippen MR) is 144 cm³/mol. The maximum absolute atomic E-state index is 13.8. The van der Waals surface area contributed by atoms with Crippen molar-refractivity contribution in [1.82, 2.24) is 20.4 Å². The summed E-state index contributed by atoms with van der Waals surface area (Å²) in [5, 5.41) is 16.9. The Hall–Kier alpha value is -3.37. The zero-order valence-electron chi connectivity index (χ0n) is 22.9. The summed E-state index contributed by atoms with van der Waals surface area (Å²) in [6, 6.07) is 9.48. The largest absolute Gasteiger partial charge is 0.390 e. The Kier molecular flexibility index (Phi) is 10.5. The summed E-state index contributed by atoms with van der Waals surface area (Å²) in [5.41, 5.74) is 2.48. The number of rotatable bonds is 12. The van der Waals surface area contributed by atoms with E-state index in [1.54, 1.807) is 7.05 Å². The van der Waals surface area contributed by atoms with Gasteiger partial charge in [-0.2, -0.15) is 0 Å². The third kappa shape index (κ3) is 8.31. The molecule has 3 rings (SSSR count). The van der Waals surface area contributed by atoms with Crippen LogP contribution in [0.5, 0.6) is 0 Å². The highest BCUT2D eigenvalue weighted by molar-refractivity contribution is 5.97. The quantitative estimate of drug-likeness (QED) is 0.380. The molecule has 0 spiro atoms. The van der Waals surface area contributed by atoms with Crippen LogP contribution in [0.3, 0.4) is 0 Å². The molecule has 10 heteroatoms. The Labute approximate surface area is 228 Å². The molecule has 0 radical (unpaired) electrons. The van der Waals surface area contributed by atoms with E-state index in [1.165, 1.54) is 15.4 Å². The fourth-order valence-electron chi connectivity index (χ4n) is 4.88. The molecule has 8 nitrogen and oxygen atoms in total. The predicted octanol–water partition coefficient (Wildman–Crippen LogP) is 2.03. The molecule has 0 aliphatic carbocycles. The SMILES string of the molecule is CCc1cccc(CNC[C@H](O)[C@H](Cc2cc(F)cc(F)c2)NC(=O)CN2CC(=O)N(C)[C@H](C(C)C)C2=O)c1. The molecule has 1 heterocycles. The summed E-state index contributed by atoms with van der Waals surface area (Å²) in [7, 11) is 1.57. The number of aryl methyl sites for hydroxylation is 1. The number of aliphatic hydroxyl groups excluding tert-OH is 1. The van der Waals surface area contributed by atoms with E-state index in [2.05, 4.69) is 23.6 Å². The lowest BCUT2D eigenvalue weighted by Crippen LogP contribution is -2.62. The Morgan fingerprint density at radius 3 is 2.38 bits per heavy atom. The van der Waals surface area contributed by atoms with E-state index in [4.69, 9.17) is 0 Å². The molecule has 39 heavy (non-hydrogen) atoms. The molecule has 3 N–H and O–H groups in total. The Bertz CT molecular complexity index is 1160. The van der Waals surface area contributed by atoms with Crippen LogP contribution in [0.2, 0.25) is 0 Å². The van der Waals surface area contributed by atoms with Crippen molar-refractivity contribution in [1.29, 1.82) is 0 Å². The summed E-state index contributed by atoms with van der Waals surface area (Å²) < 4.78 is 27.7. The fraction of sp³-hybridized carbons (Fsp3) is 0.483. The van der Waals surface area contributed by atoms with Crippen LogP contribution >= 0.6 is 0 Å². The van der Waals surface area contributed by atoms with Gasteiger partial charge < -0.3 is 25.5 Å². The van der Waals surface area contributed by atoms with Crippen molar-refractivity contribution in [3.05, 3.63) is 70.8 Å². The first-order chi connectivity index (χ1) is 18.5. The van der Waals surface area contributed by atoms with Crippen LogP contribution in [0, 0.1) is 17.6 Å². The normalized spacial score (nSPS) is 17.5. The van der Waals surface area contributed by atoms with Gasteiger partial charge in [0.1, 0.15) is 30.8 Å². The van der Waals surface area contributed by atoms with Crippen molar-refractivity contribution < 1.29 is 28.3 Å². The molecule has 3 atom stereocenters. The summed E-state index contributed by atoms with van der Waals surface area (Å²) in [6.45, 7) is 5.69. The number of benzene rings is 2. The lowest BCUT2D eigenvalue weighted by Gasteiger charge is -2.40. The van der Waals surface area contributed by atoms with Gasteiger partial charge in [0.2, 0.25) is 17.7 Å². The van der Waals surface area contributed by atoms with Gasteiger partial charge in [-0.15, -0.1) is 0 Å². The van der Waals surface area contributed by atoms with Crippen molar-refractivity contribution in [3.8, 4) is 0 Å². The minimum absolute atomic E-state index is 0.0428. The lowest BCUT2D eigenvalue weighted by molar-refractivity contribution is -0.157. The van der Waals surface area contributed by atoms with Gasteiger partial charge in [-0.05, 0) is 47.6 Å². The lowest BCUT2D eigenvalue weighted by atomic mass is 9.98. The molecular formula is C29H38F2N4O4. The van der Waals surface area contributed by atoms with Crippen molar-refractivity contribution in [2.45, 2.75) is 58.3 Å². The van der Waals surface area contributed by atoms with E-state index in [9.17, 15) is 28.3 Å². The third-order valence-corrected chi connectivity index (χ3v) is 6.94. The second-order valence-electron chi connectivity index (χ2n) is 10.4. The smallest absolute Gasteiger partial charge is 0.246 e. The number of halogens is 2. The molecule has 0 aromatic heterocycles. The number of carbonyl (C=O) groups excluding carboxylic acids is 3. The average Bonchev–Trinajstić information content (AvgIpc) is 2.86. The van der Waals surface area contributed by atoms with Crippen LogP contribution in [-0.4, -0.2) is 77.5 Å². The van der Waals surface area contributed by atoms with E-state index >= 15 is 0 Å². The van der Waals surface area contributed by atoms with E-state index in [0.717, 1.165) is 30.2 Å². The molecule has 212 valence electrons. The number of nitrogens with zero attached hydrogens (tertiary/aromatic N) is 2. The van der Waals surface area contributed by atoms with E-state index in [0.29, 0.717) is 6.54 Å². The van der Waals surface area contributed by atoms with Crippen molar-refractivity contribution in [2.75, 3.05) is 26.7 Å². The molecule has 1 aliphatic heterocycles. The zero-order chi connectivity index (χ0) is 28.7. The molecule has 3 amide bonds. The Balaban J connectivity index is 1.70. The molecule has 2 aromatic rings. The summed E-state index contributed by atoms with van der Waals surface area (Å²) in [5.74, 6) is -2.86. The van der Waals surface area contributed by atoms with Gasteiger partial charge >= 0.3 is 0 Å². The van der Waals surface area contributed by atoms with Gasteiger partial charge in [-0.1, -0.05) is 45.0 Å². The van der Waals surface area contributed by atoms with Crippen LogP contribution in [0.4, 0.5) is 8.78 Å². The van der Waals surface area contributed by atoms with Crippen LogP contribution in [0.15, 0.2) is 42.5 Å². The highest BCUT2D eigenvalue weighted by Crippen LogP contribution is 2.18. The van der Waals surface area contributed by atoms with E-state index < -0.39 is 35.7 Å². The third-order valence-electron chi connectivity index (χ3n) is 6.94. The van der Waals surface area contributed by atoms with E-state index in [-0.39, 0.29) is 49.4 Å². The van der Waals surface area contributed by atoms with Crippen LogP contribution in [-0.2, 0) is 33.8 Å². The monoisotopic (exact) mass is 544 g/mol. The molecule has 1 saturated heterocycles. The highest BCUT2D eigenvalue weighted by atomic mass is 19.1. The minimum atomic E-state index is -1.11. The fourth-order valence-corrected chi connectivity index (χ4v) is 4.88. The minimum Gasteiger partial charge on any atom is -0.390 e. The summed E-state index contributed by atoms with van der Waals surface area (Å²) in [4.78, 5) is 41.0. The molecule has 0 bridgehead atoms. The molecule has 2 aromatic carbocycles. The molecule has 1 aliphatic rings. The van der Waals surface area contributed by atoms with Crippen LogP contribution in [0.25, 0.3) is 0 Å². The first kappa shape index (κ1) is 30.2. The molecule has 0 saturated carbocycles. The van der Waals surface area contributed by atoms with Crippen molar-refractivity contribution >= 4 is 17.7 Å². The van der Waals surface area contributed by atoms with Gasteiger partial charge in [0, 0.05) is 26.2 Å². The highest BCUT2D eigenvalue weighted by Gasteiger charge is 2.39. The van der Waals surface area contributed by atoms with E-state index in [1.807, 2.05) is 32.0 Å². The topological polar surface area (TPSA) is 102 Å². The zero-order valence-corrected chi connectivity index (χ0v) is 22.9. The van der Waals surface area contributed by atoms with Gasteiger partial charge in [0.05, 0.1) is 12.1 Å². The number of piperazine rings is 1. The summed E-state index contributed by atoms with van der Waals surface area (Å²) >= 11 is 0. The number of amides is 3. The number of aliphatic hydroxyl groups is 1. The number of hydrogen-bond donors (Lipinski definition) is 3. The number of nitrogens with one attached hydrogen (secondary N) is 2. The van der Waals surface area contributed by atoms with Gasteiger partial charge in [-0.3, -0.25) is 14.4 Å². The van der Waals surface area contributed by atoms with Crippen molar-refractivity contribution in [3.63, 3.8) is 0 Å². The number of carbonyl (C=O) groups is 3. The van der Waals surface area contributed by atoms with Crippen LogP contribution in [0.1, 0.15) is 37.5 Å². The Morgan fingerprint density at radius 1 is 1.08 bits per heavy atom. The standard InChI is InChI=1S/C29H38F2N4O4/c1-5-19-7-6-8-20(9-19)14-32-15-25(36)24(12-21-10-22(30)13-23(31)11-21)33-26(37)16-35-17-27(38)34(4)28(18(2)3)29(35)39/h6-11,13,18,24-25,28,32,36H,5,12,14-17H2,1-4H3,(H,33,37)/t24-,25-,28+/m0/s1. The first-order valence-electron chi connectivity index (χ1n) is 13.2. The molecule has 0 unspecified atom stereocenters. The van der Waals surface area contributed by atoms with Gasteiger partial charge in [-0.25, -0.2) is 8.78 Å². The maximum Gasteiger partial charge on any atom is 0.246 e. The van der Waals surface area contributed by atoms with Crippen LogP contribution < -0.4 is 10.6 Å². The molecular weight excluding hydrogens is 506 g/mol. The average molecular weight is 545 g/mol. The number of likely N-dealkylation sites (N-methyl/N-ethyl adjacent to an activating group) is 1. The summed E-state index contributed by atoms with van der Waals surface area (Å²) in [6.07, 6.45) is -0.254.